The van der Waals surface area contributed by atoms with Gasteiger partial charge in [0.15, 0.2) is 0 Å². The van der Waals surface area contributed by atoms with Crippen LogP contribution >= 0.6 is 27.5 Å². The molecule has 0 aliphatic heterocycles. The maximum atomic E-state index is 13.5. The van der Waals surface area contributed by atoms with Crippen LogP contribution in [0.1, 0.15) is 27.6 Å². The van der Waals surface area contributed by atoms with E-state index in [1.165, 1.54) is 22.8 Å². The number of benzene rings is 2. The molecule has 3 heteroatoms. The van der Waals surface area contributed by atoms with Gasteiger partial charge < -0.3 is 0 Å². The van der Waals surface area contributed by atoms with Gasteiger partial charge in [-0.25, -0.2) is 4.39 Å². The van der Waals surface area contributed by atoms with Crippen LogP contribution in [0.4, 0.5) is 4.39 Å². The number of halogens is 3. The molecule has 2 rings (SSSR count). The summed E-state index contributed by atoms with van der Waals surface area (Å²) in [4.78, 5) is 0. The summed E-state index contributed by atoms with van der Waals surface area (Å²) in [5.41, 5.74) is 4.50. The lowest BCUT2D eigenvalue weighted by Crippen LogP contribution is -1.98. The van der Waals surface area contributed by atoms with E-state index >= 15 is 0 Å². The molecule has 2 aromatic rings. The summed E-state index contributed by atoms with van der Waals surface area (Å²) in [6.07, 6.45) is 0.698. The number of aryl methyl sites for hydroxylation is 2. The average Bonchev–Trinajstić information content (AvgIpc) is 2.37. The Hall–Kier alpha value is -0.860. The van der Waals surface area contributed by atoms with E-state index < -0.39 is 0 Å². The number of rotatable bonds is 3. The van der Waals surface area contributed by atoms with Crippen molar-refractivity contribution in [2.45, 2.75) is 25.6 Å². The van der Waals surface area contributed by atoms with Gasteiger partial charge in [-0.1, -0.05) is 24.3 Å². The van der Waals surface area contributed by atoms with Crippen molar-refractivity contribution in [3.8, 4) is 0 Å². The molecular formula is C16H15BrClF. The summed E-state index contributed by atoms with van der Waals surface area (Å²) in [5, 5.41) is -0.218. The molecular weight excluding hydrogens is 327 g/mol. The van der Waals surface area contributed by atoms with Crippen molar-refractivity contribution >= 4 is 27.5 Å². The SMILES string of the molecule is Cc1ccc(CC(Cl)c2ccc(Br)c(F)c2)cc1C. The van der Waals surface area contributed by atoms with E-state index in [0.29, 0.717) is 10.9 Å². The Morgan fingerprint density at radius 3 is 2.47 bits per heavy atom. The highest BCUT2D eigenvalue weighted by Gasteiger charge is 2.11. The van der Waals surface area contributed by atoms with Crippen LogP contribution in [0.15, 0.2) is 40.9 Å². The van der Waals surface area contributed by atoms with E-state index in [-0.39, 0.29) is 11.2 Å². The van der Waals surface area contributed by atoms with Gasteiger partial charge in [0.05, 0.1) is 9.85 Å². The van der Waals surface area contributed by atoms with Crippen molar-refractivity contribution in [2.24, 2.45) is 0 Å². The second kappa shape index (κ2) is 6.06. The van der Waals surface area contributed by atoms with Crippen molar-refractivity contribution in [2.75, 3.05) is 0 Å². The quantitative estimate of drug-likeness (QED) is 0.626. The molecule has 0 aliphatic carbocycles. The number of hydrogen-bond acceptors (Lipinski definition) is 0. The molecule has 0 bridgehead atoms. The zero-order valence-electron chi connectivity index (χ0n) is 10.9. The molecule has 0 radical (unpaired) electrons. The van der Waals surface area contributed by atoms with Gasteiger partial charge in [-0.15, -0.1) is 11.6 Å². The first-order chi connectivity index (χ1) is 8.97. The first-order valence-corrected chi connectivity index (χ1v) is 7.35. The van der Waals surface area contributed by atoms with Gasteiger partial charge in [-0.2, -0.15) is 0 Å². The van der Waals surface area contributed by atoms with Crippen molar-refractivity contribution in [3.63, 3.8) is 0 Å². The summed E-state index contributed by atoms with van der Waals surface area (Å²) in [6, 6.07) is 11.3. The molecule has 0 N–H and O–H groups in total. The van der Waals surface area contributed by atoms with Gasteiger partial charge in [0.2, 0.25) is 0 Å². The minimum Gasteiger partial charge on any atom is -0.206 e. The third-order valence-corrected chi connectivity index (χ3v) is 4.34. The van der Waals surface area contributed by atoms with E-state index in [2.05, 4.69) is 48.0 Å². The predicted molar refractivity (Wildman–Crippen MR) is 82.3 cm³/mol. The molecule has 19 heavy (non-hydrogen) atoms. The second-order valence-electron chi connectivity index (χ2n) is 4.76. The lowest BCUT2D eigenvalue weighted by molar-refractivity contribution is 0.618. The molecule has 0 spiro atoms. The van der Waals surface area contributed by atoms with Crippen LogP contribution in [0.25, 0.3) is 0 Å². The molecule has 0 aliphatic rings. The van der Waals surface area contributed by atoms with Gasteiger partial charge in [0.25, 0.3) is 0 Å². The second-order valence-corrected chi connectivity index (χ2v) is 6.14. The average molecular weight is 342 g/mol. The Morgan fingerprint density at radius 2 is 1.84 bits per heavy atom. The highest BCUT2D eigenvalue weighted by molar-refractivity contribution is 9.10. The summed E-state index contributed by atoms with van der Waals surface area (Å²) in [7, 11) is 0. The third-order valence-electron chi connectivity index (χ3n) is 3.29. The van der Waals surface area contributed by atoms with E-state index in [9.17, 15) is 4.39 Å². The van der Waals surface area contributed by atoms with Crippen LogP contribution in [-0.2, 0) is 6.42 Å². The normalized spacial score (nSPS) is 12.5. The Balaban J connectivity index is 2.17. The van der Waals surface area contributed by atoms with Crippen LogP contribution in [0.3, 0.4) is 0 Å². The molecule has 0 nitrogen and oxygen atoms in total. The van der Waals surface area contributed by atoms with Crippen LogP contribution in [-0.4, -0.2) is 0 Å². The Labute approximate surface area is 126 Å². The fourth-order valence-corrected chi connectivity index (χ4v) is 2.52. The standard InChI is InChI=1S/C16H15BrClF/c1-10-3-4-12(7-11(10)2)8-15(18)13-5-6-14(17)16(19)9-13/h3-7,9,15H,8H2,1-2H3. The van der Waals surface area contributed by atoms with Crippen molar-refractivity contribution in [1.29, 1.82) is 0 Å². The molecule has 0 fully saturated rings. The van der Waals surface area contributed by atoms with E-state index in [0.717, 1.165) is 5.56 Å². The summed E-state index contributed by atoms with van der Waals surface area (Å²) in [5.74, 6) is -0.275. The van der Waals surface area contributed by atoms with Gasteiger partial charge in [-0.05, 0) is 70.6 Å². The first-order valence-electron chi connectivity index (χ1n) is 6.12. The van der Waals surface area contributed by atoms with Gasteiger partial charge >= 0.3 is 0 Å². The number of hydrogen-bond donors (Lipinski definition) is 0. The van der Waals surface area contributed by atoms with E-state index in [1.807, 2.05) is 6.07 Å². The van der Waals surface area contributed by atoms with Gasteiger partial charge in [0.1, 0.15) is 5.82 Å². The van der Waals surface area contributed by atoms with Gasteiger partial charge in [0, 0.05) is 0 Å². The summed E-state index contributed by atoms with van der Waals surface area (Å²) >= 11 is 9.52. The fraction of sp³-hybridized carbons (Fsp3) is 0.250. The van der Waals surface area contributed by atoms with Crippen LogP contribution in [0.2, 0.25) is 0 Å². The Kier molecular flexibility index (Phi) is 4.64. The Morgan fingerprint density at radius 1 is 1.11 bits per heavy atom. The van der Waals surface area contributed by atoms with Crippen LogP contribution < -0.4 is 0 Å². The molecule has 0 saturated heterocycles. The molecule has 100 valence electrons. The third kappa shape index (κ3) is 3.58. The Bertz CT molecular complexity index is 595. The van der Waals surface area contributed by atoms with E-state index in [1.54, 1.807) is 6.07 Å². The summed E-state index contributed by atoms with van der Waals surface area (Å²) < 4.78 is 14.0. The molecule has 1 atom stereocenters. The first kappa shape index (κ1) is 14.5. The minimum absolute atomic E-state index is 0.218. The smallest absolute Gasteiger partial charge is 0.137 e. The highest BCUT2D eigenvalue weighted by atomic mass is 79.9. The van der Waals surface area contributed by atoms with Gasteiger partial charge in [-0.3, -0.25) is 0 Å². The maximum Gasteiger partial charge on any atom is 0.137 e. The van der Waals surface area contributed by atoms with Crippen LogP contribution in [0, 0.1) is 19.7 Å². The molecule has 0 heterocycles. The minimum atomic E-state index is -0.275. The lowest BCUT2D eigenvalue weighted by atomic mass is 10.00. The van der Waals surface area contributed by atoms with Crippen molar-refractivity contribution < 1.29 is 4.39 Å². The maximum absolute atomic E-state index is 13.5. The molecule has 2 aromatic carbocycles. The zero-order chi connectivity index (χ0) is 14.0. The van der Waals surface area contributed by atoms with Crippen molar-refractivity contribution in [1.82, 2.24) is 0 Å². The molecule has 0 amide bonds. The fourth-order valence-electron chi connectivity index (χ4n) is 1.96. The monoisotopic (exact) mass is 340 g/mol. The topological polar surface area (TPSA) is 0 Å². The predicted octanol–water partition coefficient (Wildman–Crippen LogP) is 5.73. The molecule has 0 saturated carbocycles. The highest BCUT2D eigenvalue weighted by Crippen LogP contribution is 2.28. The molecule has 1 unspecified atom stereocenters. The molecule has 0 aromatic heterocycles. The van der Waals surface area contributed by atoms with E-state index in [4.69, 9.17) is 11.6 Å². The lowest BCUT2D eigenvalue weighted by Gasteiger charge is -2.12. The van der Waals surface area contributed by atoms with Crippen molar-refractivity contribution in [3.05, 3.63) is 68.9 Å². The zero-order valence-corrected chi connectivity index (χ0v) is 13.2. The largest absolute Gasteiger partial charge is 0.206 e. The summed E-state index contributed by atoms with van der Waals surface area (Å²) in [6.45, 7) is 4.17. The van der Waals surface area contributed by atoms with Crippen LogP contribution in [0.5, 0.6) is 0 Å². The number of alkyl halides is 1.